The molecule has 0 fully saturated rings. The summed E-state index contributed by atoms with van der Waals surface area (Å²) in [5.74, 6) is 0.381. The van der Waals surface area contributed by atoms with Crippen molar-refractivity contribution in [2.75, 3.05) is 11.9 Å². The second-order valence-electron chi connectivity index (χ2n) is 5.33. The normalized spacial score (nSPS) is 15.2. The van der Waals surface area contributed by atoms with Gasteiger partial charge in [0.25, 0.3) is 0 Å². The van der Waals surface area contributed by atoms with Crippen LogP contribution < -0.4 is 4.90 Å². The molecule has 4 heteroatoms. The summed E-state index contributed by atoms with van der Waals surface area (Å²) in [5.41, 5.74) is 1.37. The molecule has 0 bridgehead atoms. The third kappa shape index (κ3) is 9.24. The van der Waals surface area contributed by atoms with Crippen LogP contribution >= 0.6 is 11.8 Å². The van der Waals surface area contributed by atoms with Gasteiger partial charge < -0.3 is 9.69 Å². The monoisotopic (exact) mass is 335 g/mol. The highest BCUT2D eigenvalue weighted by Crippen LogP contribution is 2.41. The fourth-order valence-corrected chi connectivity index (χ4v) is 2.80. The number of rotatable bonds is 3. The zero-order valence-corrected chi connectivity index (χ0v) is 15.9. The number of thioether (sulfide) groups is 1. The molecule has 0 N–H and O–H groups in total. The predicted octanol–water partition coefficient (Wildman–Crippen LogP) is 5.10. The van der Waals surface area contributed by atoms with E-state index in [1.165, 1.54) is 24.4 Å². The van der Waals surface area contributed by atoms with Gasteiger partial charge in [-0.2, -0.15) is 0 Å². The van der Waals surface area contributed by atoms with E-state index in [4.69, 9.17) is 0 Å². The van der Waals surface area contributed by atoms with Crippen LogP contribution in [0.15, 0.2) is 41.3 Å². The molecule has 1 aromatic carbocycles. The Hall–Kier alpha value is -1.55. The molecule has 0 spiro atoms. The van der Waals surface area contributed by atoms with Crippen LogP contribution in [0.5, 0.6) is 0 Å². The molecular weight excluding hydrogens is 306 g/mol. The Bertz CT molecular complexity index is 522. The predicted molar refractivity (Wildman–Crippen MR) is 101 cm³/mol. The second kappa shape index (κ2) is 11.9. The molecule has 1 atom stereocenters. The number of benzene rings is 1. The van der Waals surface area contributed by atoms with E-state index in [1.54, 1.807) is 6.08 Å². The van der Waals surface area contributed by atoms with Crippen LogP contribution in [0, 0.1) is 0 Å². The molecule has 0 saturated heterocycles. The third-order valence-corrected chi connectivity index (χ3v) is 4.23. The number of fused-ring (bicyclic) bond motifs is 1. The molecule has 2 rings (SSSR count). The third-order valence-electron chi connectivity index (χ3n) is 2.98. The lowest BCUT2D eigenvalue weighted by atomic mass is 10.3. The Morgan fingerprint density at radius 3 is 2.26 bits per heavy atom. The van der Waals surface area contributed by atoms with Crippen molar-refractivity contribution in [2.24, 2.45) is 0 Å². The van der Waals surface area contributed by atoms with Crippen LogP contribution in [0.3, 0.4) is 0 Å². The molecule has 1 aromatic rings. The van der Waals surface area contributed by atoms with Gasteiger partial charge in [-0.25, -0.2) is 0 Å². The molecule has 1 aliphatic heterocycles. The number of hydrogen-bond donors (Lipinski definition) is 0. The molecular formula is C19H29NO2S. The highest BCUT2D eigenvalue weighted by atomic mass is 32.2. The van der Waals surface area contributed by atoms with E-state index < -0.39 is 0 Å². The molecule has 128 valence electrons. The SMILES string of the molecule is CC(C)=O.CC/C=C\C(=O)CC.CC1Sc2ccccc2N1C. The molecule has 0 saturated carbocycles. The Balaban J connectivity index is 0.000000357. The largest absolute Gasteiger partial charge is 0.362 e. The maximum atomic E-state index is 10.5. The molecule has 1 unspecified atom stereocenters. The van der Waals surface area contributed by atoms with Crippen molar-refractivity contribution >= 4 is 29.0 Å². The van der Waals surface area contributed by atoms with E-state index in [9.17, 15) is 9.59 Å². The smallest absolute Gasteiger partial charge is 0.155 e. The van der Waals surface area contributed by atoms with Gasteiger partial charge in [-0.3, -0.25) is 4.79 Å². The number of carbonyl (C=O) groups is 2. The molecule has 3 nitrogen and oxygen atoms in total. The van der Waals surface area contributed by atoms with Gasteiger partial charge in [0.2, 0.25) is 0 Å². The molecule has 0 aromatic heterocycles. The summed E-state index contributed by atoms with van der Waals surface area (Å²) in [7, 11) is 2.14. The summed E-state index contributed by atoms with van der Waals surface area (Å²) in [5, 5.41) is 0.590. The first-order valence-electron chi connectivity index (χ1n) is 7.98. The van der Waals surface area contributed by atoms with Gasteiger partial charge >= 0.3 is 0 Å². The molecule has 0 radical (unpaired) electrons. The average Bonchev–Trinajstić information content (AvgIpc) is 2.80. The first-order valence-corrected chi connectivity index (χ1v) is 8.86. The number of ketones is 2. The molecule has 0 aliphatic carbocycles. The molecule has 0 amide bonds. The fourth-order valence-electron chi connectivity index (χ4n) is 1.67. The number of para-hydroxylation sites is 1. The van der Waals surface area contributed by atoms with Crippen LogP contribution in [0.25, 0.3) is 0 Å². The molecule has 23 heavy (non-hydrogen) atoms. The van der Waals surface area contributed by atoms with Crippen molar-refractivity contribution in [2.45, 2.75) is 57.7 Å². The van der Waals surface area contributed by atoms with Crippen molar-refractivity contribution in [1.29, 1.82) is 0 Å². The highest BCUT2D eigenvalue weighted by molar-refractivity contribution is 8.00. The number of Topliss-reactive ketones (excluding diaryl/α,β-unsaturated/α-hetero) is 1. The van der Waals surface area contributed by atoms with Crippen molar-refractivity contribution in [1.82, 2.24) is 0 Å². The number of carbonyl (C=O) groups excluding carboxylic acids is 2. The van der Waals surface area contributed by atoms with Gasteiger partial charge in [0.05, 0.1) is 11.1 Å². The van der Waals surface area contributed by atoms with E-state index >= 15 is 0 Å². The maximum absolute atomic E-state index is 10.5. The molecule has 1 aliphatic rings. The van der Waals surface area contributed by atoms with Crippen LogP contribution in [0.2, 0.25) is 0 Å². The van der Waals surface area contributed by atoms with Crippen molar-refractivity contribution in [3.8, 4) is 0 Å². The van der Waals surface area contributed by atoms with Crippen LogP contribution in [-0.2, 0) is 9.59 Å². The minimum atomic E-state index is 0.167. The minimum absolute atomic E-state index is 0.167. The van der Waals surface area contributed by atoms with E-state index in [0.29, 0.717) is 11.8 Å². The summed E-state index contributed by atoms with van der Waals surface area (Å²) in [6.45, 7) is 9.16. The van der Waals surface area contributed by atoms with Gasteiger partial charge in [0.15, 0.2) is 5.78 Å². The first kappa shape index (κ1) is 21.4. The van der Waals surface area contributed by atoms with Crippen molar-refractivity contribution in [3.63, 3.8) is 0 Å². The molecule has 1 heterocycles. The van der Waals surface area contributed by atoms with E-state index in [-0.39, 0.29) is 11.6 Å². The Morgan fingerprint density at radius 1 is 1.22 bits per heavy atom. The van der Waals surface area contributed by atoms with Crippen LogP contribution in [0.4, 0.5) is 5.69 Å². The van der Waals surface area contributed by atoms with Gasteiger partial charge in [-0.15, -0.1) is 0 Å². The van der Waals surface area contributed by atoms with E-state index in [1.807, 2.05) is 31.7 Å². The number of nitrogens with zero attached hydrogens (tertiary/aromatic N) is 1. The second-order valence-corrected chi connectivity index (χ2v) is 6.69. The zero-order valence-electron chi connectivity index (χ0n) is 15.1. The van der Waals surface area contributed by atoms with Crippen molar-refractivity contribution in [3.05, 3.63) is 36.4 Å². The lowest BCUT2D eigenvalue weighted by molar-refractivity contribution is -0.115. The van der Waals surface area contributed by atoms with E-state index in [0.717, 1.165) is 6.42 Å². The fraction of sp³-hybridized carbons (Fsp3) is 0.474. The van der Waals surface area contributed by atoms with Crippen LogP contribution in [-0.4, -0.2) is 24.0 Å². The van der Waals surface area contributed by atoms with E-state index in [2.05, 4.69) is 43.1 Å². The van der Waals surface area contributed by atoms with Gasteiger partial charge in [-0.1, -0.05) is 43.8 Å². The summed E-state index contributed by atoms with van der Waals surface area (Å²) >= 11 is 1.93. The van der Waals surface area contributed by atoms with Crippen molar-refractivity contribution < 1.29 is 9.59 Å². The Kier molecular flexibility index (Phi) is 11.1. The number of allylic oxidation sites excluding steroid dienone is 2. The Morgan fingerprint density at radius 2 is 1.78 bits per heavy atom. The standard InChI is InChI=1S/C9H11NS.C7H12O.C3H6O/c1-7-10(2)8-5-3-4-6-9(8)11-7;1-3-5-6-7(8)4-2;1-3(2)4/h3-7H,1-2H3;5-6H,3-4H2,1-2H3;1-2H3/b;6-5-;. The van der Waals surface area contributed by atoms with Crippen LogP contribution in [0.1, 0.15) is 47.5 Å². The summed E-state index contributed by atoms with van der Waals surface area (Å²) < 4.78 is 0. The first-order chi connectivity index (χ1) is 10.8. The number of hydrogen-bond acceptors (Lipinski definition) is 4. The summed E-state index contributed by atoms with van der Waals surface area (Å²) in [4.78, 5) is 23.6. The quantitative estimate of drug-likeness (QED) is 0.720. The topological polar surface area (TPSA) is 37.4 Å². The highest BCUT2D eigenvalue weighted by Gasteiger charge is 2.22. The van der Waals surface area contributed by atoms with Gasteiger partial charge in [0, 0.05) is 18.4 Å². The summed E-state index contributed by atoms with van der Waals surface area (Å²) in [6.07, 6.45) is 5.09. The van der Waals surface area contributed by atoms with Gasteiger partial charge in [-0.05, 0) is 45.4 Å². The average molecular weight is 336 g/mol. The lowest BCUT2D eigenvalue weighted by Gasteiger charge is -2.16. The Labute approximate surface area is 145 Å². The number of anilines is 1. The summed E-state index contributed by atoms with van der Waals surface area (Å²) in [6, 6.07) is 8.54. The minimum Gasteiger partial charge on any atom is -0.362 e. The maximum Gasteiger partial charge on any atom is 0.155 e. The lowest BCUT2D eigenvalue weighted by Crippen LogP contribution is -2.20. The zero-order chi connectivity index (χ0) is 17.8. The van der Waals surface area contributed by atoms with Gasteiger partial charge in [0.1, 0.15) is 5.78 Å².